The van der Waals surface area contributed by atoms with Crippen LogP contribution in [0.1, 0.15) is 31.2 Å². The molecule has 0 atom stereocenters. The Hall–Kier alpha value is -0.940. The topological polar surface area (TPSA) is 72.2 Å². The Labute approximate surface area is 113 Å². The second-order valence-electron chi connectivity index (χ2n) is 4.74. The summed E-state index contributed by atoms with van der Waals surface area (Å²) in [7, 11) is -3.31. The van der Waals surface area contributed by atoms with Gasteiger partial charge in [-0.15, -0.1) is 0 Å². The average molecular weight is 289 g/mol. The zero-order chi connectivity index (χ0) is 13.3. The minimum Gasteiger partial charge on any atom is -0.398 e. The zero-order valence-corrected chi connectivity index (χ0v) is 11.8. The van der Waals surface area contributed by atoms with Crippen LogP contribution in [0.5, 0.6) is 0 Å². The third-order valence-electron chi connectivity index (χ3n) is 3.34. The Bertz CT molecular complexity index is 551. The molecule has 100 valence electrons. The first kappa shape index (κ1) is 13.5. The Kier molecular flexibility index (Phi) is 3.73. The predicted octanol–water partition coefficient (Wildman–Crippen LogP) is 2.91. The molecular formula is C12H17ClN2O2S. The molecule has 4 nitrogen and oxygen atoms in total. The van der Waals surface area contributed by atoms with Crippen molar-refractivity contribution in [2.75, 3.05) is 10.5 Å². The van der Waals surface area contributed by atoms with Crippen LogP contribution in [-0.4, -0.2) is 13.7 Å². The number of nitrogen functional groups attached to an aromatic ring is 1. The van der Waals surface area contributed by atoms with Crippen LogP contribution in [0.15, 0.2) is 12.1 Å². The molecule has 0 aromatic heterocycles. The molecule has 1 saturated carbocycles. The van der Waals surface area contributed by atoms with Crippen molar-refractivity contribution in [3.05, 3.63) is 22.7 Å². The Morgan fingerprint density at radius 3 is 2.56 bits per heavy atom. The van der Waals surface area contributed by atoms with Crippen molar-refractivity contribution in [3.63, 3.8) is 0 Å². The largest absolute Gasteiger partial charge is 0.398 e. The van der Waals surface area contributed by atoms with Gasteiger partial charge in [-0.05, 0) is 37.5 Å². The fourth-order valence-electron chi connectivity index (χ4n) is 2.25. The highest BCUT2D eigenvalue weighted by molar-refractivity contribution is 7.93. The van der Waals surface area contributed by atoms with E-state index in [1.165, 1.54) is 0 Å². The number of hydrogen-bond acceptors (Lipinski definition) is 3. The highest BCUT2D eigenvalue weighted by atomic mass is 35.5. The lowest BCUT2D eigenvalue weighted by atomic mass is 10.2. The summed E-state index contributed by atoms with van der Waals surface area (Å²) in [5, 5.41) is 0.0814. The molecule has 0 heterocycles. The molecule has 0 radical (unpaired) electrons. The van der Waals surface area contributed by atoms with E-state index in [9.17, 15) is 8.42 Å². The molecule has 1 aliphatic carbocycles. The van der Waals surface area contributed by atoms with Crippen LogP contribution in [0.2, 0.25) is 5.02 Å². The van der Waals surface area contributed by atoms with Crippen molar-refractivity contribution in [2.24, 2.45) is 0 Å². The number of halogens is 1. The zero-order valence-electron chi connectivity index (χ0n) is 10.2. The van der Waals surface area contributed by atoms with Crippen LogP contribution in [0.4, 0.5) is 11.4 Å². The maximum Gasteiger partial charge on any atom is 0.235 e. The molecule has 2 rings (SSSR count). The minimum absolute atomic E-state index is 0.284. The highest BCUT2D eigenvalue weighted by Crippen LogP contribution is 2.30. The SMILES string of the molecule is Cc1cc(N)c(Cl)cc1NS(=O)(=O)C1CCCC1. The van der Waals surface area contributed by atoms with E-state index in [1.807, 2.05) is 0 Å². The summed E-state index contributed by atoms with van der Waals surface area (Å²) < 4.78 is 27.0. The van der Waals surface area contributed by atoms with E-state index in [2.05, 4.69) is 4.72 Å². The van der Waals surface area contributed by atoms with Crippen LogP contribution in [0.3, 0.4) is 0 Å². The molecule has 1 fully saturated rings. The van der Waals surface area contributed by atoms with E-state index >= 15 is 0 Å². The van der Waals surface area contributed by atoms with Crippen LogP contribution < -0.4 is 10.5 Å². The number of benzene rings is 1. The van der Waals surface area contributed by atoms with Gasteiger partial charge in [0.1, 0.15) is 0 Å². The fourth-order valence-corrected chi connectivity index (χ4v) is 4.06. The highest BCUT2D eigenvalue weighted by Gasteiger charge is 2.29. The number of sulfonamides is 1. The molecule has 1 aliphatic rings. The first-order valence-electron chi connectivity index (χ1n) is 5.97. The standard InChI is InChI=1S/C12H17ClN2O2S/c1-8-6-11(14)10(13)7-12(8)15-18(16,17)9-4-2-3-5-9/h6-7,9,15H,2-5,14H2,1H3. The van der Waals surface area contributed by atoms with Crippen molar-refractivity contribution in [3.8, 4) is 0 Å². The quantitative estimate of drug-likeness (QED) is 0.840. The number of aryl methyl sites for hydroxylation is 1. The number of hydrogen-bond donors (Lipinski definition) is 2. The van der Waals surface area contributed by atoms with Gasteiger partial charge >= 0.3 is 0 Å². The molecule has 0 amide bonds. The van der Waals surface area contributed by atoms with Gasteiger partial charge in [0.2, 0.25) is 10.0 Å². The van der Waals surface area contributed by atoms with Gasteiger partial charge in [0.05, 0.1) is 21.6 Å². The van der Waals surface area contributed by atoms with E-state index in [-0.39, 0.29) is 5.25 Å². The third kappa shape index (κ3) is 2.72. The van der Waals surface area contributed by atoms with Gasteiger partial charge in [-0.25, -0.2) is 8.42 Å². The molecule has 18 heavy (non-hydrogen) atoms. The summed E-state index contributed by atoms with van der Waals surface area (Å²) in [4.78, 5) is 0. The van der Waals surface area contributed by atoms with Crippen molar-refractivity contribution >= 4 is 33.0 Å². The molecule has 0 bridgehead atoms. The minimum atomic E-state index is -3.31. The summed E-state index contributed by atoms with van der Waals surface area (Å²) in [6.07, 6.45) is 3.42. The van der Waals surface area contributed by atoms with Gasteiger partial charge in [-0.1, -0.05) is 24.4 Å². The summed E-state index contributed by atoms with van der Waals surface area (Å²) in [6, 6.07) is 3.24. The van der Waals surface area contributed by atoms with E-state index < -0.39 is 10.0 Å². The fraction of sp³-hybridized carbons (Fsp3) is 0.500. The van der Waals surface area contributed by atoms with Crippen molar-refractivity contribution in [1.82, 2.24) is 0 Å². The van der Waals surface area contributed by atoms with Crippen LogP contribution in [0, 0.1) is 6.92 Å². The van der Waals surface area contributed by atoms with E-state index in [0.717, 1.165) is 31.2 Å². The molecule has 6 heteroatoms. The number of anilines is 2. The van der Waals surface area contributed by atoms with Crippen molar-refractivity contribution < 1.29 is 8.42 Å². The van der Waals surface area contributed by atoms with Gasteiger partial charge in [0.25, 0.3) is 0 Å². The van der Waals surface area contributed by atoms with E-state index in [4.69, 9.17) is 17.3 Å². The molecular weight excluding hydrogens is 272 g/mol. The molecule has 0 spiro atoms. The summed E-state index contributed by atoms with van der Waals surface area (Å²) in [5.74, 6) is 0. The lowest BCUT2D eigenvalue weighted by Crippen LogP contribution is -2.25. The Balaban J connectivity index is 2.26. The van der Waals surface area contributed by atoms with Gasteiger partial charge in [0, 0.05) is 0 Å². The normalized spacial score (nSPS) is 17.0. The van der Waals surface area contributed by atoms with Gasteiger partial charge in [0.15, 0.2) is 0 Å². The Morgan fingerprint density at radius 1 is 1.33 bits per heavy atom. The first-order valence-corrected chi connectivity index (χ1v) is 7.90. The smallest absolute Gasteiger partial charge is 0.235 e. The summed E-state index contributed by atoms with van der Waals surface area (Å²) in [6.45, 7) is 1.80. The van der Waals surface area contributed by atoms with Crippen molar-refractivity contribution in [1.29, 1.82) is 0 Å². The number of rotatable bonds is 3. The molecule has 0 aliphatic heterocycles. The number of nitrogens with two attached hydrogens (primary N) is 1. The number of nitrogens with one attached hydrogen (secondary N) is 1. The Morgan fingerprint density at radius 2 is 1.94 bits per heavy atom. The van der Waals surface area contributed by atoms with Crippen LogP contribution in [0.25, 0.3) is 0 Å². The van der Waals surface area contributed by atoms with Gasteiger partial charge < -0.3 is 5.73 Å². The monoisotopic (exact) mass is 288 g/mol. The van der Waals surface area contributed by atoms with Crippen LogP contribution >= 0.6 is 11.6 Å². The van der Waals surface area contributed by atoms with Crippen LogP contribution in [-0.2, 0) is 10.0 Å². The predicted molar refractivity (Wildman–Crippen MR) is 75.4 cm³/mol. The van der Waals surface area contributed by atoms with Gasteiger partial charge in [-0.3, -0.25) is 4.72 Å². The molecule has 3 N–H and O–H groups in total. The lowest BCUT2D eigenvalue weighted by Gasteiger charge is -2.15. The average Bonchev–Trinajstić information content (AvgIpc) is 2.79. The van der Waals surface area contributed by atoms with E-state index in [1.54, 1.807) is 19.1 Å². The molecule has 1 aromatic rings. The summed E-state index contributed by atoms with van der Waals surface area (Å²) in [5.41, 5.74) is 7.41. The van der Waals surface area contributed by atoms with E-state index in [0.29, 0.717) is 16.4 Å². The molecule has 1 aromatic carbocycles. The second-order valence-corrected chi connectivity index (χ2v) is 7.11. The summed E-state index contributed by atoms with van der Waals surface area (Å²) >= 11 is 5.91. The maximum atomic E-state index is 12.2. The maximum absolute atomic E-state index is 12.2. The first-order chi connectivity index (χ1) is 8.40. The second kappa shape index (κ2) is 4.97. The molecule has 0 saturated heterocycles. The molecule has 0 unspecified atom stereocenters. The van der Waals surface area contributed by atoms with Gasteiger partial charge in [-0.2, -0.15) is 0 Å². The van der Waals surface area contributed by atoms with Crippen molar-refractivity contribution in [2.45, 2.75) is 37.9 Å². The third-order valence-corrected chi connectivity index (χ3v) is 5.52. The lowest BCUT2D eigenvalue weighted by molar-refractivity contribution is 0.585.